The third-order valence-electron chi connectivity index (χ3n) is 5.02. The van der Waals surface area contributed by atoms with Gasteiger partial charge in [0.2, 0.25) is 12.7 Å². The van der Waals surface area contributed by atoms with E-state index in [1.165, 1.54) is 7.11 Å². The van der Waals surface area contributed by atoms with Gasteiger partial charge in [0.1, 0.15) is 5.75 Å². The van der Waals surface area contributed by atoms with Crippen molar-refractivity contribution in [3.63, 3.8) is 0 Å². The second-order valence-corrected chi connectivity index (χ2v) is 6.89. The lowest BCUT2D eigenvalue weighted by Crippen LogP contribution is -2.50. The van der Waals surface area contributed by atoms with Crippen LogP contribution in [0.3, 0.4) is 0 Å². The van der Waals surface area contributed by atoms with E-state index in [0.717, 1.165) is 0 Å². The van der Waals surface area contributed by atoms with Crippen LogP contribution in [-0.4, -0.2) is 68.2 Å². The SMILES string of the molecule is COc1cc2c(cc1NC(=O)CN1CCN(C(=O)c3ccccc3)CC1)OCO2. The summed E-state index contributed by atoms with van der Waals surface area (Å²) >= 11 is 0. The highest BCUT2D eigenvalue weighted by molar-refractivity contribution is 5.95. The van der Waals surface area contributed by atoms with Gasteiger partial charge in [-0.15, -0.1) is 0 Å². The Kier molecular flexibility index (Phi) is 5.53. The Morgan fingerprint density at radius 1 is 1.03 bits per heavy atom. The smallest absolute Gasteiger partial charge is 0.253 e. The normalized spacial score (nSPS) is 15.8. The number of benzene rings is 2. The zero-order valence-corrected chi connectivity index (χ0v) is 16.2. The predicted octanol–water partition coefficient (Wildman–Crippen LogP) is 1.82. The Bertz CT molecular complexity index is 895. The molecule has 0 atom stereocenters. The number of methoxy groups -OCH3 is 1. The number of nitrogens with one attached hydrogen (secondary N) is 1. The maximum Gasteiger partial charge on any atom is 0.253 e. The Morgan fingerprint density at radius 2 is 1.72 bits per heavy atom. The first-order valence-corrected chi connectivity index (χ1v) is 9.48. The van der Waals surface area contributed by atoms with Gasteiger partial charge < -0.3 is 24.4 Å². The van der Waals surface area contributed by atoms with Gasteiger partial charge in [-0.1, -0.05) is 18.2 Å². The van der Waals surface area contributed by atoms with Crippen LogP contribution in [0.4, 0.5) is 5.69 Å². The highest BCUT2D eigenvalue weighted by Crippen LogP contribution is 2.40. The lowest BCUT2D eigenvalue weighted by Gasteiger charge is -2.34. The summed E-state index contributed by atoms with van der Waals surface area (Å²) in [6.45, 7) is 2.87. The lowest BCUT2D eigenvalue weighted by molar-refractivity contribution is -0.117. The molecule has 0 aliphatic carbocycles. The van der Waals surface area contributed by atoms with Crippen LogP contribution in [0.1, 0.15) is 10.4 Å². The second kappa shape index (κ2) is 8.40. The van der Waals surface area contributed by atoms with Crippen molar-refractivity contribution < 1.29 is 23.8 Å². The van der Waals surface area contributed by atoms with Crippen LogP contribution in [0.2, 0.25) is 0 Å². The molecule has 2 aliphatic heterocycles. The molecule has 2 aromatic carbocycles. The van der Waals surface area contributed by atoms with Crippen LogP contribution >= 0.6 is 0 Å². The fourth-order valence-electron chi connectivity index (χ4n) is 3.46. The monoisotopic (exact) mass is 397 g/mol. The van der Waals surface area contributed by atoms with Crippen molar-refractivity contribution in [1.82, 2.24) is 9.80 Å². The minimum absolute atomic E-state index is 0.0276. The van der Waals surface area contributed by atoms with E-state index in [9.17, 15) is 9.59 Å². The van der Waals surface area contributed by atoms with Gasteiger partial charge in [0.25, 0.3) is 5.91 Å². The topological polar surface area (TPSA) is 80.3 Å². The molecule has 0 spiro atoms. The fraction of sp³-hybridized carbons (Fsp3) is 0.333. The molecule has 4 rings (SSSR count). The van der Waals surface area contributed by atoms with Crippen molar-refractivity contribution in [1.29, 1.82) is 0 Å². The number of fused-ring (bicyclic) bond motifs is 1. The zero-order valence-electron chi connectivity index (χ0n) is 16.2. The largest absolute Gasteiger partial charge is 0.494 e. The highest BCUT2D eigenvalue weighted by atomic mass is 16.7. The van der Waals surface area contributed by atoms with Crippen LogP contribution in [0.25, 0.3) is 0 Å². The lowest BCUT2D eigenvalue weighted by atomic mass is 10.2. The van der Waals surface area contributed by atoms with Gasteiger partial charge in [-0.05, 0) is 12.1 Å². The molecule has 8 nitrogen and oxygen atoms in total. The van der Waals surface area contributed by atoms with Crippen LogP contribution in [0.15, 0.2) is 42.5 Å². The van der Waals surface area contributed by atoms with E-state index in [1.54, 1.807) is 12.1 Å². The van der Waals surface area contributed by atoms with Gasteiger partial charge in [0.15, 0.2) is 11.5 Å². The number of rotatable bonds is 5. The van der Waals surface area contributed by atoms with E-state index in [1.807, 2.05) is 40.1 Å². The molecular weight excluding hydrogens is 374 g/mol. The number of hydrogen-bond donors (Lipinski definition) is 1. The summed E-state index contributed by atoms with van der Waals surface area (Å²) in [6.07, 6.45) is 0. The molecule has 2 heterocycles. The summed E-state index contributed by atoms with van der Waals surface area (Å²) in [4.78, 5) is 28.9. The van der Waals surface area contributed by atoms with Crippen molar-refractivity contribution >= 4 is 17.5 Å². The molecule has 0 saturated carbocycles. The van der Waals surface area contributed by atoms with E-state index in [4.69, 9.17) is 14.2 Å². The van der Waals surface area contributed by atoms with Crippen molar-refractivity contribution in [2.75, 3.05) is 51.9 Å². The minimum atomic E-state index is -0.148. The van der Waals surface area contributed by atoms with Gasteiger partial charge in [-0.3, -0.25) is 14.5 Å². The molecule has 0 radical (unpaired) electrons. The number of anilines is 1. The first-order chi connectivity index (χ1) is 14.1. The number of carbonyl (C=O) groups is 2. The predicted molar refractivity (Wildman–Crippen MR) is 107 cm³/mol. The Morgan fingerprint density at radius 3 is 2.41 bits per heavy atom. The first kappa shape index (κ1) is 19.1. The Balaban J connectivity index is 1.31. The molecule has 152 valence electrons. The third kappa shape index (κ3) is 4.27. The zero-order chi connectivity index (χ0) is 20.2. The van der Waals surface area contributed by atoms with Crippen LogP contribution in [0.5, 0.6) is 17.2 Å². The Labute approximate surface area is 168 Å². The number of hydrogen-bond acceptors (Lipinski definition) is 6. The molecule has 1 fully saturated rings. The van der Waals surface area contributed by atoms with Crippen molar-refractivity contribution in [3.8, 4) is 17.2 Å². The molecule has 0 aromatic heterocycles. The number of nitrogens with zero attached hydrogens (tertiary/aromatic N) is 2. The molecule has 0 unspecified atom stereocenters. The summed E-state index contributed by atoms with van der Waals surface area (Å²) in [7, 11) is 1.54. The van der Waals surface area contributed by atoms with Crippen molar-refractivity contribution in [3.05, 3.63) is 48.0 Å². The van der Waals surface area contributed by atoms with Gasteiger partial charge in [0.05, 0.1) is 19.3 Å². The molecule has 0 bridgehead atoms. The summed E-state index contributed by atoms with van der Waals surface area (Å²) < 4.78 is 16.0. The van der Waals surface area contributed by atoms with E-state index < -0.39 is 0 Å². The minimum Gasteiger partial charge on any atom is -0.494 e. The average molecular weight is 397 g/mol. The fourth-order valence-corrected chi connectivity index (χ4v) is 3.46. The first-order valence-electron chi connectivity index (χ1n) is 9.48. The van der Waals surface area contributed by atoms with E-state index in [2.05, 4.69) is 5.32 Å². The average Bonchev–Trinajstić information content (AvgIpc) is 3.21. The second-order valence-electron chi connectivity index (χ2n) is 6.89. The molecule has 2 amide bonds. The summed E-state index contributed by atoms with van der Waals surface area (Å²) in [5.41, 5.74) is 1.23. The van der Waals surface area contributed by atoms with E-state index >= 15 is 0 Å². The summed E-state index contributed by atoms with van der Waals surface area (Å²) in [5.74, 6) is 1.57. The third-order valence-corrected chi connectivity index (χ3v) is 5.02. The number of amides is 2. The van der Waals surface area contributed by atoms with Crippen LogP contribution in [0, 0.1) is 0 Å². The molecule has 8 heteroatoms. The van der Waals surface area contributed by atoms with Gasteiger partial charge in [-0.25, -0.2) is 0 Å². The maximum atomic E-state index is 12.5. The highest BCUT2D eigenvalue weighted by Gasteiger charge is 2.24. The van der Waals surface area contributed by atoms with Crippen LogP contribution < -0.4 is 19.5 Å². The molecule has 29 heavy (non-hydrogen) atoms. The molecule has 2 aliphatic rings. The number of ether oxygens (including phenoxy) is 3. The summed E-state index contributed by atoms with van der Waals surface area (Å²) in [5, 5.41) is 2.88. The van der Waals surface area contributed by atoms with Crippen molar-refractivity contribution in [2.45, 2.75) is 0 Å². The quantitative estimate of drug-likeness (QED) is 0.829. The molecule has 1 N–H and O–H groups in total. The van der Waals surface area contributed by atoms with Crippen molar-refractivity contribution in [2.24, 2.45) is 0 Å². The molecule has 1 saturated heterocycles. The molecule has 2 aromatic rings. The summed E-state index contributed by atoms with van der Waals surface area (Å²) in [6, 6.07) is 12.7. The number of carbonyl (C=O) groups excluding carboxylic acids is 2. The van der Waals surface area contributed by atoms with Crippen LogP contribution in [-0.2, 0) is 4.79 Å². The standard InChI is InChI=1S/C21H23N3O5/c1-27-17-12-19-18(28-14-29-19)11-16(17)22-20(25)13-23-7-9-24(10-8-23)21(26)15-5-3-2-4-6-15/h2-6,11-12H,7-10,13-14H2,1H3,(H,22,25). The van der Waals surface area contributed by atoms with Gasteiger partial charge in [0, 0.05) is 43.9 Å². The molecular formula is C21H23N3O5. The van der Waals surface area contributed by atoms with E-state index in [0.29, 0.717) is 54.7 Å². The number of piperazine rings is 1. The van der Waals surface area contributed by atoms with E-state index in [-0.39, 0.29) is 25.2 Å². The van der Waals surface area contributed by atoms with Gasteiger partial charge in [-0.2, -0.15) is 0 Å². The Hall–Kier alpha value is -3.26. The van der Waals surface area contributed by atoms with Gasteiger partial charge >= 0.3 is 0 Å². The maximum absolute atomic E-state index is 12.5.